The zero-order chi connectivity index (χ0) is 19.8. The predicted molar refractivity (Wildman–Crippen MR) is 119 cm³/mol. The normalized spacial score (nSPS) is 30.7. The summed E-state index contributed by atoms with van der Waals surface area (Å²) in [4.78, 5) is 16.0. The van der Waals surface area contributed by atoms with Crippen molar-refractivity contribution < 1.29 is 0 Å². The van der Waals surface area contributed by atoms with Gasteiger partial charge < -0.3 is 10.2 Å². The standard InChI is InChI=1S/C23H33N5S/c1-16-25-21(13-22(26-16)23-4-3-11-29-23)20-15-28-10-5-17(20)12-19(28)14-24-18-6-8-27(2)9-7-18/h3-4,11,13,17-20,24H,5-10,12,14-15H2,1-2H3/t17-,19+,20+/m0/s1. The lowest BCUT2D eigenvalue weighted by Gasteiger charge is -2.50. The third kappa shape index (κ3) is 4.26. The number of aryl methyl sites for hydroxylation is 1. The summed E-state index contributed by atoms with van der Waals surface area (Å²) >= 11 is 1.76. The minimum Gasteiger partial charge on any atom is -0.312 e. The van der Waals surface area contributed by atoms with E-state index in [9.17, 15) is 0 Å². The van der Waals surface area contributed by atoms with Crippen LogP contribution >= 0.6 is 11.3 Å². The number of hydrogen-bond acceptors (Lipinski definition) is 6. The average Bonchev–Trinajstić information content (AvgIpc) is 3.28. The zero-order valence-electron chi connectivity index (χ0n) is 17.7. The van der Waals surface area contributed by atoms with Crippen LogP contribution < -0.4 is 5.32 Å². The summed E-state index contributed by atoms with van der Waals surface area (Å²) in [5, 5.41) is 6.02. The van der Waals surface area contributed by atoms with Crippen molar-refractivity contribution in [2.45, 2.75) is 50.6 Å². The molecule has 0 aromatic carbocycles. The summed E-state index contributed by atoms with van der Waals surface area (Å²) in [6, 6.07) is 7.94. The molecule has 1 N–H and O–H groups in total. The average molecular weight is 412 g/mol. The quantitative estimate of drug-likeness (QED) is 0.817. The number of thiophene rings is 1. The van der Waals surface area contributed by atoms with Crippen LogP contribution in [0.3, 0.4) is 0 Å². The molecule has 5 nitrogen and oxygen atoms in total. The fourth-order valence-corrected chi connectivity index (χ4v) is 6.22. The topological polar surface area (TPSA) is 44.3 Å². The lowest BCUT2D eigenvalue weighted by molar-refractivity contribution is 0.0271. The van der Waals surface area contributed by atoms with Gasteiger partial charge in [-0.25, -0.2) is 9.97 Å². The van der Waals surface area contributed by atoms with E-state index in [2.05, 4.69) is 45.7 Å². The number of nitrogens with zero attached hydrogens (tertiary/aromatic N) is 4. The van der Waals surface area contributed by atoms with Gasteiger partial charge in [0, 0.05) is 36.8 Å². The van der Waals surface area contributed by atoms with Gasteiger partial charge in [0.1, 0.15) is 5.82 Å². The van der Waals surface area contributed by atoms with Gasteiger partial charge in [0.25, 0.3) is 0 Å². The summed E-state index contributed by atoms with van der Waals surface area (Å²) in [5.41, 5.74) is 2.36. The van der Waals surface area contributed by atoms with Crippen LogP contribution in [0.4, 0.5) is 0 Å². The lowest BCUT2D eigenvalue weighted by atomic mass is 9.74. The molecule has 2 aromatic rings. The largest absolute Gasteiger partial charge is 0.312 e. The molecular weight excluding hydrogens is 378 g/mol. The van der Waals surface area contributed by atoms with Crippen molar-refractivity contribution in [2.75, 3.05) is 39.8 Å². The van der Waals surface area contributed by atoms with Gasteiger partial charge >= 0.3 is 0 Å². The van der Waals surface area contributed by atoms with Crippen LogP contribution in [0.5, 0.6) is 0 Å². The molecule has 2 aromatic heterocycles. The molecule has 2 bridgehead atoms. The Bertz CT molecular complexity index is 815. The molecule has 1 unspecified atom stereocenters. The van der Waals surface area contributed by atoms with Crippen molar-refractivity contribution in [1.82, 2.24) is 25.1 Å². The molecule has 4 aliphatic heterocycles. The molecule has 0 aliphatic carbocycles. The first-order chi connectivity index (χ1) is 14.2. The highest BCUT2D eigenvalue weighted by Gasteiger charge is 2.41. The van der Waals surface area contributed by atoms with E-state index >= 15 is 0 Å². The van der Waals surface area contributed by atoms with Crippen LogP contribution in [-0.2, 0) is 0 Å². The lowest BCUT2D eigenvalue weighted by Crippen LogP contribution is -2.57. The van der Waals surface area contributed by atoms with E-state index in [1.54, 1.807) is 11.3 Å². The molecule has 156 valence electrons. The van der Waals surface area contributed by atoms with Crippen molar-refractivity contribution in [3.05, 3.63) is 35.1 Å². The van der Waals surface area contributed by atoms with Crippen molar-refractivity contribution in [3.63, 3.8) is 0 Å². The van der Waals surface area contributed by atoms with Gasteiger partial charge in [-0.05, 0) is 82.7 Å². The van der Waals surface area contributed by atoms with E-state index in [0.29, 0.717) is 18.0 Å². The predicted octanol–water partition coefficient (Wildman–Crippen LogP) is 3.38. The number of piperidine rings is 4. The highest BCUT2D eigenvalue weighted by atomic mass is 32.1. The first-order valence-electron chi connectivity index (χ1n) is 11.2. The van der Waals surface area contributed by atoms with Gasteiger partial charge in [-0.3, -0.25) is 4.90 Å². The van der Waals surface area contributed by atoms with Gasteiger partial charge in [0.2, 0.25) is 0 Å². The van der Waals surface area contributed by atoms with E-state index < -0.39 is 0 Å². The second-order valence-electron chi connectivity index (χ2n) is 9.23. The summed E-state index contributed by atoms with van der Waals surface area (Å²) in [5.74, 6) is 2.22. The number of hydrogen-bond donors (Lipinski definition) is 1. The molecule has 29 heavy (non-hydrogen) atoms. The number of fused-ring (bicyclic) bond motifs is 3. The van der Waals surface area contributed by atoms with Gasteiger partial charge in [0.15, 0.2) is 0 Å². The molecule has 0 amide bonds. The Morgan fingerprint density at radius 1 is 1.17 bits per heavy atom. The Morgan fingerprint density at radius 2 is 2.03 bits per heavy atom. The van der Waals surface area contributed by atoms with Crippen molar-refractivity contribution in [3.8, 4) is 10.6 Å². The molecule has 6 rings (SSSR count). The fraction of sp³-hybridized carbons (Fsp3) is 0.652. The minimum atomic E-state index is 0.559. The Labute approximate surface area is 178 Å². The third-order valence-corrected chi connectivity index (χ3v) is 8.14. The zero-order valence-corrected chi connectivity index (χ0v) is 18.5. The van der Waals surface area contributed by atoms with Crippen molar-refractivity contribution in [1.29, 1.82) is 0 Å². The van der Waals surface area contributed by atoms with Gasteiger partial charge in [-0.2, -0.15) is 0 Å². The van der Waals surface area contributed by atoms with E-state index in [0.717, 1.165) is 30.5 Å². The molecule has 4 saturated heterocycles. The van der Waals surface area contributed by atoms with E-state index in [1.165, 1.54) is 55.9 Å². The maximum atomic E-state index is 4.88. The van der Waals surface area contributed by atoms with E-state index in [-0.39, 0.29) is 0 Å². The van der Waals surface area contributed by atoms with Crippen LogP contribution in [0.15, 0.2) is 23.6 Å². The summed E-state index contributed by atoms with van der Waals surface area (Å²) in [6.45, 7) is 8.07. The number of likely N-dealkylation sites (tertiary alicyclic amines) is 1. The molecule has 4 aliphatic rings. The van der Waals surface area contributed by atoms with Crippen molar-refractivity contribution >= 4 is 11.3 Å². The van der Waals surface area contributed by atoms with Gasteiger partial charge in [-0.1, -0.05) is 6.07 Å². The molecular formula is C23H33N5S. The Balaban J connectivity index is 1.25. The number of aromatic nitrogens is 2. The van der Waals surface area contributed by atoms with Gasteiger partial charge in [0.05, 0.1) is 10.6 Å². The molecule has 6 heteroatoms. The maximum Gasteiger partial charge on any atom is 0.126 e. The number of rotatable bonds is 5. The highest BCUT2D eigenvalue weighted by Crippen LogP contribution is 2.42. The third-order valence-electron chi connectivity index (χ3n) is 7.25. The maximum absolute atomic E-state index is 4.88. The fourth-order valence-electron chi connectivity index (χ4n) is 5.53. The smallest absolute Gasteiger partial charge is 0.126 e. The van der Waals surface area contributed by atoms with Crippen molar-refractivity contribution in [2.24, 2.45) is 5.92 Å². The molecule has 0 radical (unpaired) electrons. The Morgan fingerprint density at radius 3 is 2.76 bits per heavy atom. The van der Waals surface area contributed by atoms with Crippen LogP contribution in [-0.4, -0.2) is 71.6 Å². The summed E-state index contributed by atoms with van der Waals surface area (Å²) in [7, 11) is 2.24. The molecule has 0 saturated carbocycles. The van der Waals surface area contributed by atoms with Crippen LogP contribution in [0, 0.1) is 12.8 Å². The minimum absolute atomic E-state index is 0.559. The highest BCUT2D eigenvalue weighted by molar-refractivity contribution is 7.13. The Kier molecular flexibility index (Phi) is 5.69. The molecule has 4 atom stereocenters. The number of nitrogens with one attached hydrogen (secondary N) is 1. The molecule has 4 fully saturated rings. The van der Waals surface area contributed by atoms with Crippen LogP contribution in [0.1, 0.15) is 43.1 Å². The molecule has 6 heterocycles. The van der Waals surface area contributed by atoms with Gasteiger partial charge in [-0.15, -0.1) is 11.3 Å². The summed E-state index contributed by atoms with van der Waals surface area (Å²) < 4.78 is 0. The Hall–Kier alpha value is -1.34. The van der Waals surface area contributed by atoms with E-state index in [4.69, 9.17) is 9.97 Å². The monoisotopic (exact) mass is 411 g/mol. The second kappa shape index (κ2) is 8.42. The molecule has 0 spiro atoms. The SMILES string of the molecule is Cc1nc(-c2cccs2)cc([C@@H]2CN3CC[C@H]2C[C@@H]3CNC2CCN(C)CC2)n1. The first-order valence-corrected chi connectivity index (χ1v) is 12.1. The van der Waals surface area contributed by atoms with Crippen LogP contribution in [0.2, 0.25) is 0 Å². The first kappa shape index (κ1) is 19.6. The van der Waals surface area contributed by atoms with E-state index in [1.807, 2.05) is 6.92 Å². The van der Waals surface area contributed by atoms with Crippen LogP contribution in [0.25, 0.3) is 10.6 Å². The second-order valence-corrected chi connectivity index (χ2v) is 10.2. The summed E-state index contributed by atoms with van der Waals surface area (Å²) in [6.07, 6.45) is 5.20.